The van der Waals surface area contributed by atoms with Gasteiger partial charge in [0.15, 0.2) is 0 Å². The fraction of sp³-hybridized carbons (Fsp3) is 0.0455. The summed E-state index contributed by atoms with van der Waals surface area (Å²) < 4.78 is 0. The van der Waals surface area contributed by atoms with Gasteiger partial charge in [0.25, 0.3) is 0 Å². The van der Waals surface area contributed by atoms with Crippen molar-refractivity contribution in [3.63, 3.8) is 0 Å². The lowest BCUT2D eigenvalue weighted by Crippen LogP contribution is -1.92. The molecule has 0 bridgehead atoms. The zero-order valence-electron chi connectivity index (χ0n) is 13.3. The second-order valence-corrected chi connectivity index (χ2v) is 5.76. The molecule has 24 heavy (non-hydrogen) atoms. The molecule has 3 aromatic rings. The molecule has 0 unspecified atom stereocenters. The van der Waals surface area contributed by atoms with Gasteiger partial charge in [-0.15, -0.1) is 0 Å². The Labute approximate surface area is 141 Å². The van der Waals surface area contributed by atoms with E-state index in [-0.39, 0.29) is 0 Å². The maximum atomic E-state index is 4.25. The lowest BCUT2D eigenvalue weighted by atomic mass is 10.0. The van der Waals surface area contributed by atoms with Crippen LogP contribution in [0, 0.1) is 0 Å². The van der Waals surface area contributed by atoms with E-state index in [1.807, 2.05) is 12.3 Å². The van der Waals surface area contributed by atoms with E-state index in [0.29, 0.717) is 0 Å². The minimum atomic E-state index is 0.734. The Bertz CT molecular complexity index is 942. The molecule has 2 nitrogen and oxygen atoms in total. The average Bonchev–Trinajstić information content (AvgIpc) is 2.92. The summed E-state index contributed by atoms with van der Waals surface area (Å²) in [6.45, 7) is 0.734. The molecule has 1 aliphatic heterocycles. The first-order valence-electron chi connectivity index (χ1n) is 8.12. The summed E-state index contributed by atoms with van der Waals surface area (Å²) >= 11 is 0. The zero-order valence-corrected chi connectivity index (χ0v) is 13.3. The summed E-state index contributed by atoms with van der Waals surface area (Å²) in [7, 11) is 0. The van der Waals surface area contributed by atoms with E-state index in [1.54, 1.807) is 0 Å². The topological polar surface area (TPSA) is 24.4 Å². The highest BCUT2D eigenvalue weighted by molar-refractivity contribution is 5.95. The Morgan fingerprint density at radius 1 is 0.833 bits per heavy atom. The van der Waals surface area contributed by atoms with Gasteiger partial charge in [-0.25, -0.2) is 0 Å². The monoisotopic (exact) mass is 310 g/mol. The molecule has 3 aromatic carbocycles. The third kappa shape index (κ3) is 2.99. The Morgan fingerprint density at radius 3 is 2.58 bits per heavy atom. The number of anilines is 2. The number of allylic oxidation sites excluding steroid dienone is 3. The molecule has 0 aliphatic carbocycles. The van der Waals surface area contributed by atoms with Crippen molar-refractivity contribution in [2.45, 2.75) is 0 Å². The molecule has 0 aromatic heterocycles. The molecule has 1 N–H and O–H groups in total. The van der Waals surface area contributed by atoms with Crippen molar-refractivity contribution < 1.29 is 0 Å². The number of hydrogen-bond acceptors (Lipinski definition) is 2. The van der Waals surface area contributed by atoms with E-state index < -0.39 is 0 Å². The average molecular weight is 310 g/mol. The molecule has 0 saturated carbocycles. The predicted octanol–water partition coefficient (Wildman–Crippen LogP) is 5.61. The highest BCUT2D eigenvalue weighted by Gasteiger charge is 2.03. The minimum absolute atomic E-state index is 0.734. The molecular formula is C22H18N2. The van der Waals surface area contributed by atoms with Crippen molar-refractivity contribution in [3.8, 4) is 0 Å². The van der Waals surface area contributed by atoms with Gasteiger partial charge < -0.3 is 5.32 Å². The van der Waals surface area contributed by atoms with Crippen LogP contribution in [0.25, 0.3) is 16.3 Å². The molecule has 0 radical (unpaired) electrons. The maximum absolute atomic E-state index is 4.25. The molecule has 0 saturated heterocycles. The number of nitrogens with zero attached hydrogens (tertiary/aromatic N) is 1. The Kier molecular flexibility index (Phi) is 3.95. The van der Waals surface area contributed by atoms with Gasteiger partial charge in [0.1, 0.15) is 0 Å². The number of hydrogen-bond donors (Lipinski definition) is 1. The quantitative estimate of drug-likeness (QED) is 0.668. The highest BCUT2D eigenvalue weighted by atomic mass is 14.9. The summed E-state index contributed by atoms with van der Waals surface area (Å²) in [4.78, 5) is 4.25. The number of nitrogens with one attached hydrogen (secondary N) is 1. The van der Waals surface area contributed by atoms with E-state index in [2.05, 4.69) is 89.2 Å². The Hall–Kier alpha value is -3.13. The van der Waals surface area contributed by atoms with Crippen LogP contribution in [0.15, 0.2) is 90.0 Å². The van der Waals surface area contributed by atoms with Gasteiger partial charge in [-0.05, 0) is 40.8 Å². The summed E-state index contributed by atoms with van der Waals surface area (Å²) in [6.07, 6.45) is 8.08. The van der Waals surface area contributed by atoms with E-state index >= 15 is 0 Å². The Morgan fingerprint density at radius 2 is 1.67 bits per heavy atom. The first-order valence-corrected chi connectivity index (χ1v) is 8.12. The third-order valence-electron chi connectivity index (χ3n) is 4.17. The first-order chi connectivity index (χ1) is 11.9. The van der Waals surface area contributed by atoms with E-state index in [1.165, 1.54) is 21.9 Å². The van der Waals surface area contributed by atoms with Gasteiger partial charge in [-0.1, -0.05) is 60.7 Å². The van der Waals surface area contributed by atoms with Crippen LogP contribution in [0.4, 0.5) is 11.4 Å². The van der Waals surface area contributed by atoms with Crippen LogP contribution in [0.2, 0.25) is 0 Å². The highest BCUT2D eigenvalue weighted by Crippen LogP contribution is 2.27. The van der Waals surface area contributed by atoms with Crippen LogP contribution in [0.5, 0.6) is 0 Å². The minimum Gasteiger partial charge on any atom is -0.355 e. The van der Waals surface area contributed by atoms with Crippen molar-refractivity contribution in [2.75, 3.05) is 11.9 Å². The van der Waals surface area contributed by atoms with Crippen molar-refractivity contribution in [1.29, 1.82) is 0 Å². The first kappa shape index (κ1) is 14.5. The summed E-state index contributed by atoms with van der Waals surface area (Å²) in [5.41, 5.74) is 4.64. The van der Waals surface area contributed by atoms with Crippen LogP contribution in [0.1, 0.15) is 5.56 Å². The lowest BCUT2D eigenvalue weighted by Gasteiger charge is -2.11. The van der Waals surface area contributed by atoms with Crippen molar-refractivity contribution in [3.05, 3.63) is 90.5 Å². The van der Waals surface area contributed by atoms with Gasteiger partial charge in [0, 0.05) is 23.0 Å². The molecule has 0 atom stereocenters. The van der Waals surface area contributed by atoms with Gasteiger partial charge in [-0.3, -0.25) is 4.99 Å². The van der Waals surface area contributed by atoms with E-state index in [4.69, 9.17) is 0 Å². The van der Waals surface area contributed by atoms with Crippen LogP contribution in [-0.2, 0) is 0 Å². The molecule has 0 fully saturated rings. The summed E-state index contributed by atoms with van der Waals surface area (Å²) in [5, 5.41) is 6.00. The smallest absolute Gasteiger partial charge is 0.0579 e. The van der Waals surface area contributed by atoms with E-state index in [9.17, 15) is 0 Å². The van der Waals surface area contributed by atoms with Crippen LogP contribution < -0.4 is 5.32 Å². The van der Waals surface area contributed by atoms with Crippen LogP contribution in [-0.4, -0.2) is 12.8 Å². The second kappa shape index (κ2) is 6.55. The molecule has 4 rings (SSSR count). The fourth-order valence-corrected chi connectivity index (χ4v) is 2.94. The normalized spacial score (nSPS) is 13.6. The molecule has 0 amide bonds. The van der Waals surface area contributed by atoms with Gasteiger partial charge in [0.2, 0.25) is 0 Å². The predicted molar refractivity (Wildman–Crippen MR) is 104 cm³/mol. The number of rotatable bonds is 3. The van der Waals surface area contributed by atoms with Gasteiger partial charge in [-0.2, -0.15) is 0 Å². The van der Waals surface area contributed by atoms with Crippen LogP contribution in [0.3, 0.4) is 0 Å². The molecule has 2 heteroatoms. The lowest BCUT2D eigenvalue weighted by molar-refractivity contribution is 1.27. The number of aliphatic imine (C=N–C) groups is 1. The largest absolute Gasteiger partial charge is 0.355 e. The Balaban J connectivity index is 1.60. The maximum Gasteiger partial charge on any atom is 0.0579 e. The molecule has 1 heterocycles. The zero-order chi connectivity index (χ0) is 16.2. The standard InChI is InChI=1S/C22H18N2/c1-2-8-21-19(5-1)6-3-9-22(21)24-20-12-10-18(11-13-20)17-7-4-15-23-16-14-17/h1-15,24H,16H2. The number of benzene rings is 3. The van der Waals surface area contributed by atoms with Crippen molar-refractivity contribution in [2.24, 2.45) is 4.99 Å². The third-order valence-corrected chi connectivity index (χ3v) is 4.17. The van der Waals surface area contributed by atoms with Crippen LogP contribution >= 0.6 is 0 Å². The van der Waals surface area contributed by atoms with Crippen molar-refractivity contribution >= 4 is 33.9 Å². The summed E-state index contributed by atoms with van der Waals surface area (Å²) in [6, 6.07) is 23.3. The van der Waals surface area contributed by atoms with Crippen molar-refractivity contribution in [1.82, 2.24) is 0 Å². The summed E-state index contributed by atoms with van der Waals surface area (Å²) in [5.74, 6) is 0. The molecular weight excluding hydrogens is 292 g/mol. The van der Waals surface area contributed by atoms with E-state index in [0.717, 1.165) is 17.9 Å². The SMILES string of the molecule is C1=CC(c2ccc(Nc3cccc4ccccc34)cc2)=CCN=C1. The van der Waals surface area contributed by atoms with Gasteiger partial charge >= 0.3 is 0 Å². The fourth-order valence-electron chi connectivity index (χ4n) is 2.94. The second-order valence-electron chi connectivity index (χ2n) is 5.76. The molecule has 116 valence electrons. The number of fused-ring (bicyclic) bond motifs is 1. The van der Waals surface area contributed by atoms with Gasteiger partial charge in [0.05, 0.1) is 6.54 Å². The molecule has 1 aliphatic rings. The molecule has 0 spiro atoms.